The van der Waals surface area contributed by atoms with Gasteiger partial charge >= 0.3 is 11.9 Å². The molecule has 3 amide bonds. The number of likely N-dealkylation sites (N-methyl/N-ethyl adjacent to an activating group) is 2. The molecule has 1 aliphatic heterocycles. The normalized spacial score (nSPS) is 27.9. The number of thiazole rings is 1. The largest absolute Gasteiger partial charge is 0.481 e. The van der Waals surface area contributed by atoms with Crippen LogP contribution < -0.4 is 10.6 Å². The van der Waals surface area contributed by atoms with Gasteiger partial charge in [0.2, 0.25) is 11.8 Å². The number of likely N-dealkylation sites (tertiary alicyclic amines) is 1. The Labute approximate surface area is 269 Å². The van der Waals surface area contributed by atoms with Crippen LogP contribution in [0.1, 0.15) is 102 Å². The number of nitrogens with one attached hydrogen (secondary N) is 2. The van der Waals surface area contributed by atoms with Crippen molar-refractivity contribution in [2.75, 3.05) is 20.6 Å². The standard InChI is InChI=1S/C32H49N5O7S/c1-17(2)23(37(8)29(41)25(18(3)4)34-27(40)22-11-9-10-12-36(22)7)13-24(44-20(6)38)28-33-21(14-45-28)26(39)35-32-15-31(16-32,19(32)5)30(42)43/h14,17-19,22-25H,9-13,15-16H2,1-8H3,(H,34,40)(H,35,39)(H,42,43)/t19-,22?,23+,24+,25-,31?,32?/m0/s1. The van der Waals surface area contributed by atoms with Crippen LogP contribution >= 0.6 is 11.3 Å². The molecule has 4 aliphatic rings. The second kappa shape index (κ2) is 13.4. The van der Waals surface area contributed by atoms with Gasteiger partial charge in [0.15, 0.2) is 6.10 Å². The van der Waals surface area contributed by atoms with Crippen LogP contribution in [0.2, 0.25) is 0 Å². The van der Waals surface area contributed by atoms with Crippen molar-refractivity contribution in [1.29, 1.82) is 0 Å². The fraction of sp³-hybridized carbons (Fsp3) is 0.750. The number of aromatic nitrogens is 1. The molecule has 1 aromatic heterocycles. The summed E-state index contributed by atoms with van der Waals surface area (Å²) in [6, 6.07) is -1.35. The van der Waals surface area contributed by atoms with Crippen LogP contribution in [-0.2, 0) is 23.9 Å². The number of piperidine rings is 1. The third-order valence-corrected chi connectivity index (χ3v) is 11.4. The summed E-state index contributed by atoms with van der Waals surface area (Å²) < 4.78 is 5.70. The van der Waals surface area contributed by atoms with E-state index in [9.17, 15) is 29.1 Å². The highest BCUT2D eigenvalue weighted by atomic mass is 32.1. The highest BCUT2D eigenvalue weighted by Crippen LogP contribution is 2.71. The van der Waals surface area contributed by atoms with E-state index in [-0.39, 0.29) is 53.8 Å². The minimum Gasteiger partial charge on any atom is -0.481 e. The highest BCUT2D eigenvalue weighted by molar-refractivity contribution is 7.09. The number of carboxylic acids is 1. The number of carbonyl (C=O) groups is 5. The predicted octanol–water partition coefficient (Wildman–Crippen LogP) is 3.23. The first-order valence-corrected chi connectivity index (χ1v) is 16.9. The summed E-state index contributed by atoms with van der Waals surface area (Å²) in [6.45, 7) is 11.8. The molecule has 12 nitrogen and oxygen atoms in total. The third kappa shape index (κ3) is 6.74. The van der Waals surface area contributed by atoms with E-state index in [1.165, 1.54) is 18.3 Å². The molecule has 5 rings (SSSR count). The summed E-state index contributed by atoms with van der Waals surface area (Å²) in [5, 5.41) is 17.6. The van der Waals surface area contributed by atoms with E-state index in [0.29, 0.717) is 17.8 Å². The SMILES string of the molecule is CC(=O)O[C@H](C[C@H](C(C)C)N(C)C(=O)[C@@H](NC(=O)C1CCCCN1C)C(C)C)c1nc(C(=O)NC23CC(C(=O)O)(C2)[C@@H]3C)cs1. The number of amides is 3. The van der Waals surface area contributed by atoms with E-state index in [4.69, 9.17) is 4.74 Å². The number of carbonyl (C=O) groups excluding carboxylic acids is 4. The Kier molecular flexibility index (Phi) is 10.3. The molecule has 2 heterocycles. The number of rotatable bonds is 13. The zero-order valence-electron chi connectivity index (χ0n) is 27.7. The molecule has 1 saturated heterocycles. The second-order valence-electron chi connectivity index (χ2n) is 14.0. The van der Waals surface area contributed by atoms with E-state index < -0.39 is 40.9 Å². The number of esters is 1. The van der Waals surface area contributed by atoms with E-state index in [1.807, 2.05) is 46.6 Å². The van der Waals surface area contributed by atoms with E-state index >= 15 is 0 Å². The topological polar surface area (TPSA) is 158 Å². The maximum absolute atomic E-state index is 13.9. The monoisotopic (exact) mass is 647 g/mol. The van der Waals surface area contributed by atoms with Crippen LogP contribution in [0.5, 0.6) is 0 Å². The lowest BCUT2D eigenvalue weighted by atomic mass is 9.33. The summed E-state index contributed by atoms with van der Waals surface area (Å²) >= 11 is 1.20. The van der Waals surface area contributed by atoms with Gasteiger partial charge in [0, 0.05) is 37.4 Å². The van der Waals surface area contributed by atoms with Gasteiger partial charge in [-0.15, -0.1) is 11.3 Å². The zero-order valence-corrected chi connectivity index (χ0v) is 28.5. The van der Waals surface area contributed by atoms with Gasteiger partial charge < -0.3 is 25.4 Å². The van der Waals surface area contributed by atoms with Gasteiger partial charge in [0.25, 0.3) is 5.91 Å². The Bertz CT molecular complexity index is 1310. The Morgan fingerprint density at radius 1 is 1.16 bits per heavy atom. The van der Waals surface area contributed by atoms with E-state index in [0.717, 1.165) is 25.8 Å². The Morgan fingerprint density at radius 3 is 2.36 bits per heavy atom. The maximum Gasteiger partial charge on any atom is 0.310 e. The fourth-order valence-corrected chi connectivity index (χ4v) is 8.20. The van der Waals surface area contributed by atoms with Crippen molar-refractivity contribution in [2.45, 2.75) is 110 Å². The molecule has 5 atom stereocenters. The average Bonchev–Trinajstić information content (AvgIpc) is 3.45. The van der Waals surface area contributed by atoms with Crippen molar-refractivity contribution < 1.29 is 33.8 Å². The Morgan fingerprint density at radius 2 is 1.82 bits per heavy atom. The van der Waals surface area contributed by atoms with Gasteiger partial charge in [0.1, 0.15) is 16.7 Å². The van der Waals surface area contributed by atoms with Crippen LogP contribution in [0.3, 0.4) is 0 Å². The smallest absolute Gasteiger partial charge is 0.310 e. The molecule has 0 radical (unpaired) electrons. The molecule has 3 aliphatic carbocycles. The van der Waals surface area contributed by atoms with Gasteiger partial charge in [-0.05, 0) is 57.0 Å². The molecule has 3 N–H and O–H groups in total. The van der Waals surface area contributed by atoms with Crippen LogP contribution in [0.25, 0.3) is 0 Å². The number of hydrogen-bond acceptors (Lipinski definition) is 9. The first-order valence-electron chi connectivity index (χ1n) is 16.0. The number of carboxylic acid groups (broad SMARTS) is 1. The first kappa shape index (κ1) is 34.8. The summed E-state index contributed by atoms with van der Waals surface area (Å²) in [6.07, 6.45) is 3.04. The van der Waals surface area contributed by atoms with Crippen molar-refractivity contribution >= 4 is 41.0 Å². The first-order chi connectivity index (χ1) is 21.0. The number of aliphatic carboxylic acids is 1. The van der Waals surface area contributed by atoms with Crippen LogP contribution in [-0.4, -0.2) is 93.9 Å². The lowest BCUT2D eigenvalue weighted by Gasteiger charge is -2.73. The molecule has 0 spiro atoms. The van der Waals surface area contributed by atoms with E-state index in [2.05, 4.69) is 15.6 Å². The van der Waals surface area contributed by atoms with Gasteiger partial charge in [-0.1, -0.05) is 41.0 Å². The van der Waals surface area contributed by atoms with Crippen LogP contribution in [0, 0.1) is 23.2 Å². The number of hydrogen-bond donors (Lipinski definition) is 3. The van der Waals surface area contributed by atoms with E-state index in [1.54, 1.807) is 17.3 Å². The van der Waals surface area contributed by atoms with Crippen molar-refractivity contribution in [2.24, 2.45) is 23.2 Å². The Hall–Kier alpha value is -3.06. The van der Waals surface area contributed by atoms with Gasteiger partial charge in [-0.2, -0.15) is 0 Å². The molecule has 2 bridgehead atoms. The van der Waals surface area contributed by atoms with Crippen LogP contribution in [0.4, 0.5) is 0 Å². The lowest BCUT2D eigenvalue weighted by molar-refractivity contribution is -0.229. The van der Waals surface area contributed by atoms with Crippen molar-refractivity contribution in [3.05, 3.63) is 16.1 Å². The summed E-state index contributed by atoms with van der Waals surface area (Å²) in [5.41, 5.74) is -1.11. The minimum atomic E-state index is -0.826. The van der Waals surface area contributed by atoms with Gasteiger partial charge in [-0.25, -0.2) is 4.98 Å². The fourth-order valence-electron chi connectivity index (χ4n) is 7.36. The summed E-state index contributed by atoms with van der Waals surface area (Å²) in [7, 11) is 3.64. The number of ether oxygens (including phenoxy) is 1. The molecule has 1 aromatic rings. The molecule has 4 fully saturated rings. The molecular formula is C32H49N5O7S. The molecule has 45 heavy (non-hydrogen) atoms. The minimum absolute atomic E-state index is 0.0277. The third-order valence-electron chi connectivity index (χ3n) is 10.4. The Balaban J connectivity index is 1.46. The quantitative estimate of drug-likeness (QED) is 0.273. The van der Waals surface area contributed by atoms with Crippen molar-refractivity contribution in [3.63, 3.8) is 0 Å². The summed E-state index contributed by atoms with van der Waals surface area (Å²) in [4.78, 5) is 72.3. The second-order valence-corrected chi connectivity index (χ2v) is 14.9. The van der Waals surface area contributed by atoms with Gasteiger partial charge in [-0.3, -0.25) is 28.9 Å². The van der Waals surface area contributed by atoms with Crippen molar-refractivity contribution in [1.82, 2.24) is 25.4 Å². The number of nitrogens with zero attached hydrogens (tertiary/aromatic N) is 3. The van der Waals surface area contributed by atoms with Crippen LogP contribution in [0.15, 0.2) is 5.38 Å². The zero-order chi connectivity index (χ0) is 33.4. The molecule has 3 saturated carbocycles. The summed E-state index contributed by atoms with van der Waals surface area (Å²) in [5.74, 6) is -2.43. The van der Waals surface area contributed by atoms with Gasteiger partial charge in [0.05, 0.1) is 11.5 Å². The lowest BCUT2D eigenvalue weighted by Crippen LogP contribution is -2.83. The molecule has 0 aromatic carbocycles. The molecule has 1 unspecified atom stereocenters. The molecular weight excluding hydrogens is 598 g/mol. The molecule has 250 valence electrons. The predicted molar refractivity (Wildman–Crippen MR) is 168 cm³/mol. The van der Waals surface area contributed by atoms with Crippen molar-refractivity contribution in [3.8, 4) is 0 Å². The molecule has 13 heteroatoms. The highest BCUT2D eigenvalue weighted by Gasteiger charge is 2.78. The average molecular weight is 648 g/mol. The maximum atomic E-state index is 13.9.